The molecule has 0 aromatic heterocycles. The Kier molecular flexibility index (Phi) is 6.16. The molecule has 7 heteroatoms. The van der Waals surface area contributed by atoms with Gasteiger partial charge in [0.15, 0.2) is 0 Å². The Morgan fingerprint density at radius 3 is 2.16 bits per heavy atom. The van der Waals surface area contributed by atoms with E-state index in [4.69, 9.17) is 0 Å². The zero-order chi connectivity index (χ0) is 18.4. The topological polar surface area (TPSA) is 49.4 Å². The number of nitrogens with one attached hydrogen (secondary N) is 1. The highest BCUT2D eigenvalue weighted by molar-refractivity contribution is 5.92. The molecule has 0 aliphatic carbocycles. The van der Waals surface area contributed by atoms with Crippen LogP contribution in [0.4, 0.5) is 18.9 Å². The molecule has 0 unspecified atom stereocenters. The van der Waals surface area contributed by atoms with Crippen molar-refractivity contribution in [2.45, 2.75) is 19.9 Å². The Balaban J connectivity index is 1.98. The third-order valence-electron chi connectivity index (χ3n) is 3.58. The highest BCUT2D eigenvalue weighted by atomic mass is 19.1. The first kappa shape index (κ1) is 18.5. The van der Waals surface area contributed by atoms with Gasteiger partial charge in [0.2, 0.25) is 11.8 Å². The Hall–Kier alpha value is -2.83. The first-order valence-corrected chi connectivity index (χ1v) is 7.62. The van der Waals surface area contributed by atoms with Gasteiger partial charge in [-0.15, -0.1) is 0 Å². The van der Waals surface area contributed by atoms with E-state index in [9.17, 15) is 22.8 Å². The zero-order valence-corrected chi connectivity index (χ0v) is 13.6. The lowest BCUT2D eigenvalue weighted by molar-refractivity contribution is -0.121. The molecule has 1 N–H and O–H groups in total. The minimum atomic E-state index is -0.887. The molecule has 0 bridgehead atoms. The molecule has 0 heterocycles. The molecule has 0 aliphatic heterocycles. The summed E-state index contributed by atoms with van der Waals surface area (Å²) in [5.41, 5.74) is -0.170. The van der Waals surface area contributed by atoms with Crippen LogP contribution in [0.1, 0.15) is 18.9 Å². The summed E-state index contributed by atoms with van der Waals surface area (Å²) in [5, 5.41) is 2.51. The maximum atomic E-state index is 13.8. The fourth-order valence-electron chi connectivity index (χ4n) is 2.31. The number of rotatable bonds is 6. The molecule has 0 fully saturated rings. The van der Waals surface area contributed by atoms with Crippen molar-refractivity contribution in [3.05, 3.63) is 65.5 Å². The van der Waals surface area contributed by atoms with Crippen molar-refractivity contribution in [3.63, 3.8) is 0 Å². The molecule has 2 rings (SSSR count). The van der Waals surface area contributed by atoms with Crippen LogP contribution in [0, 0.1) is 17.5 Å². The van der Waals surface area contributed by atoms with E-state index in [0.717, 1.165) is 24.0 Å². The van der Waals surface area contributed by atoms with Crippen LogP contribution >= 0.6 is 0 Å². The molecule has 0 aliphatic rings. The number of anilines is 1. The second-order valence-electron chi connectivity index (χ2n) is 5.36. The quantitative estimate of drug-likeness (QED) is 0.870. The lowest BCUT2D eigenvalue weighted by atomic mass is 10.2. The van der Waals surface area contributed by atoms with Crippen molar-refractivity contribution >= 4 is 17.5 Å². The maximum Gasteiger partial charge on any atom is 0.224 e. The van der Waals surface area contributed by atoms with Crippen molar-refractivity contribution in [1.29, 1.82) is 0 Å². The highest BCUT2D eigenvalue weighted by Crippen LogP contribution is 2.23. The van der Waals surface area contributed by atoms with Crippen LogP contribution < -0.4 is 10.2 Å². The van der Waals surface area contributed by atoms with Crippen LogP contribution in [0.2, 0.25) is 0 Å². The molecule has 2 aromatic rings. The predicted octanol–water partition coefficient (Wildman–Crippen LogP) is 3.16. The van der Waals surface area contributed by atoms with Gasteiger partial charge < -0.3 is 10.2 Å². The predicted molar refractivity (Wildman–Crippen MR) is 87.2 cm³/mol. The van der Waals surface area contributed by atoms with Crippen LogP contribution in [0.3, 0.4) is 0 Å². The van der Waals surface area contributed by atoms with Crippen molar-refractivity contribution < 1.29 is 22.8 Å². The van der Waals surface area contributed by atoms with Gasteiger partial charge in [-0.05, 0) is 18.2 Å². The van der Waals surface area contributed by atoms with Gasteiger partial charge in [0.1, 0.15) is 23.1 Å². The number of halogens is 3. The Morgan fingerprint density at radius 1 is 0.960 bits per heavy atom. The SMILES string of the molecule is CC(=O)N(CCC(=O)NCc1ccccc1F)c1c(F)cccc1F. The second kappa shape index (κ2) is 8.32. The van der Waals surface area contributed by atoms with Gasteiger partial charge in [0.05, 0.1) is 0 Å². The minimum absolute atomic E-state index is 0.0142. The summed E-state index contributed by atoms with van der Waals surface area (Å²) in [5.74, 6) is -3.28. The number of para-hydroxylation sites is 1. The Labute approximate surface area is 143 Å². The lowest BCUT2D eigenvalue weighted by Crippen LogP contribution is -2.35. The van der Waals surface area contributed by atoms with Crippen LogP contribution in [-0.2, 0) is 16.1 Å². The third-order valence-corrected chi connectivity index (χ3v) is 3.58. The first-order chi connectivity index (χ1) is 11.9. The summed E-state index contributed by atoms with van der Waals surface area (Å²) >= 11 is 0. The van der Waals surface area contributed by atoms with E-state index in [0.29, 0.717) is 5.56 Å². The second-order valence-corrected chi connectivity index (χ2v) is 5.36. The average Bonchev–Trinajstić information content (AvgIpc) is 2.56. The molecule has 0 saturated carbocycles. The van der Waals surface area contributed by atoms with Gasteiger partial charge in [-0.2, -0.15) is 0 Å². The van der Waals surface area contributed by atoms with Crippen molar-refractivity contribution in [3.8, 4) is 0 Å². The molecule has 2 aromatic carbocycles. The molecule has 132 valence electrons. The van der Waals surface area contributed by atoms with E-state index >= 15 is 0 Å². The minimum Gasteiger partial charge on any atom is -0.352 e. The van der Waals surface area contributed by atoms with Gasteiger partial charge in [-0.1, -0.05) is 24.3 Å². The average molecular weight is 350 g/mol. The molecule has 4 nitrogen and oxygen atoms in total. The third kappa shape index (κ3) is 4.82. The summed E-state index contributed by atoms with van der Waals surface area (Å²) in [7, 11) is 0. The van der Waals surface area contributed by atoms with Crippen LogP contribution in [-0.4, -0.2) is 18.4 Å². The van der Waals surface area contributed by atoms with Gasteiger partial charge in [-0.3, -0.25) is 9.59 Å². The normalized spacial score (nSPS) is 10.4. The number of hydrogen-bond acceptors (Lipinski definition) is 2. The Morgan fingerprint density at radius 2 is 1.56 bits per heavy atom. The van der Waals surface area contributed by atoms with Crippen LogP contribution in [0.5, 0.6) is 0 Å². The number of carbonyl (C=O) groups is 2. The lowest BCUT2D eigenvalue weighted by Gasteiger charge is -2.22. The number of nitrogens with zero attached hydrogens (tertiary/aromatic N) is 1. The smallest absolute Gasteiger partial charge is 0.224 e. The first-order valence-electron chi connectivity index (χ1n) is 7.62. The molecule has 0 spiro atoms. The summed E-state index contributed by atoms with van der Waals surface area (Å²) in [6, 6.07) is 9.25. The van der Waals surface area contributed by atoms with E-state index in [1.165, 1.54) is 24.3 Å². The fourth-order valence-corrected chi connectivity index (χ4v) is 2.31. The number of amides is 2. The van der Waals surface area contributed by atoms with Gasteiger partial charge in [0.25, 0.3) is 0 Å². The van der Waals surface area contributed by atoms with Crippen molar-refractivity contribution in [2.24, 2.45) is 0 Å². The Bertz CT molecular complexity index is 760. The number of hydrogen-bond donors (Lipinski definition) is 1. The van der Waals surface area contributed by atoms with Gasteiger partial charge in [0, 0.05) is 32.0 Å². The number of carbonyl (C=O) groups excluding carboxylic acids is 2. The monoisotopic (exact) mass is 350 g/mol. The van der Waals surface area contributed by atoms with Crippen molar-refractivity contribution in [1.82, 2.24) is 5.32 Å². The fraction of sp³-hybridized carbons (Fsp3) is 0.222. The molecule has 25 heavy (non-hydrogen) atoms. The van der Waals surface area contributed by atoms with E-state index in [-0.39, 0.29) is 19.5 Å². The van der Waals surface area contributed by atoms with E-state index in [1.54, 1.807) is 6.07 Å². The molecular weight excluding hydrogens is 333 g/mol. The summed E-state index contributed by atoms with van der Waals surface area (Å²) < 4.78 is 41.1. The summed E-state index contributed by atoms with van der Waals surface area (Å²) in [4.78, 5) is 24.5. The van der Waals surface area contributed by atoms with E-state index < -0.39 is 35.0 Å². The van der Waals surface area contributed by atoms with E-state index in [1.807, 2.05) is 0 Å². The maximum absolute atomic E-state index is 13.8. The molecular formula is C18H17F3N2O2. The van der Waals surface area contributed by atoms with Crippen LogP contribution in [0.15, 0.2) is 42.5 Å². The molecule has 0 radical (unpaired) electrons. The summed E-state index contributed by atoms with van der Waals surface area (Å²) in [6.07, 6.45) is -0.179. The summed E-state index contributed by atoms with van der Waals surface area (Å²) in [6.45, 7) is 0.944. The molecule has 0 saturated heterocycles. The van der Waals surface area contributed by atoms with Crippen molar-refractivity contribution in [2.75, 3.05) is 11.4 Å². The largest absolute Gasteiger partial charge is 0.352 e. The zero-order valence-electron chi connectivity index (χ0n) is 13.6. The van der Waals surface area contributed by atoms with Gasteiger partial charge >= 0.3 is 0 Å². The standard InChI is InChI=1S/C18H17F3N2O2/c1-12(24)23(18-15(20)7-4-8-16(18)21)10-9-17(25)22-11-13-5-2-3-6-14(13)19/h2-8H,9-11H2,1H3,(H,22,25). The highest BCUT2D eigenvalue weighted by Gasteiger charge is 2.20. The molecule has 2 amide bonds. The van der Waals surface area contributed by atoms with Gasteiger partial charge in [-0.25, -0.2) is 13.2 Å². The molecule has 0 atom stereocenters. The number of benzene rings is 2. The van der Waals surface area contributed by atoms with E-state index in [2.05, 4.69) is 5.32 Å². The van der Waals surface area contributed by atoms with Crippen LogP contribution in [0.25, 0.3) is 0 Å².